The molecule has 0 radical (unpaired) electrons. The lowest BCUT2D eigenvalue weighted by Gasteiger charge is -2.25. The summed E-state index contributed by atoms with van der Waals surface area (Å²) in [5.41, 5.74) is 3.39. The summed E-state index contributed by atoms with van der Waals surface area (Å²) in [6.07, 6.45) is 0.381. The van der Waals surface area contributed by atoms with Gasteiger partial charge in [-0.25, -0.2) is 0 Å². The average molecular weight is 446 g/mol. The third kappa shape index (κ3) is 5.97. The number of hydrogen-bond donors (Lipinski definition) is 1. The number of benzene rings is 2. The zero-order valence-corrected chi connectivity index (χ0v) is 17.9. The largest absolute Gasteiger partial charge is 0.496 e. The summed E-state index contributed by atoms with van der Waals surface area (Å²) in [5.74, 6) is 1.84. The summed E-state index contributed by atoms with van der Waals surface area (Å²) < 4.78 is 43.1. The van der Waals surface area contributed by atoms with Crippen molar-refractivity contribution in [3.8, 4) is 22.6 Å². The Bertz CT molecular complexity index is 1060. The molecule has 0 bridgehead atoms. The zero-order chi connectivity index (χ0) is 23.1. The highest BCUT2D eigenvalue weighted by atomic mass is 19.4. The molecular weight excluding hydrogens is 421 g/mol. The predicted molar refractivity (Wildman–Crippen MR) is 117 cm³/mol. The summed E-state index contributed by atoms with van der Waals surface area (Å²) in [6, 6.07) is 12.6. The number of piperidine rings is 1. The van der Waals surface area contributed by atoms with E-state index in [-0.39, 0.29) is 6.10 Å². The Hall–Kier alpha value is -3.13. The Morgan fingerprint density at radius 1 is 1.09 bits per heavy atom. The number of nitrogens with zero attached hydrogens (tertiary/aromatic N) is 1. The van der Waals surface area contributed by atoms with Crippen LogP contribution in [0.4, 0.5) is 13.2 Å². The van der Waals surface area contributed by atoms with Crippen molar-refractivity contribution in [1.29, 1.82) is 0 Å². The fraction of sp³-hybridized carbons (Fsp3) is 0.333. The molecule has 5 nitrogen and oxygen atoms in total. The predicted octanol–water partition coefficient (Wildman–Crippen LogP) is 5.10. The van der Waals surface area contributed by atoms with E-state index in [1.807, 2.05) is 18.5 Å². The van der Waals surface area contributed by atoms with Crippen LogP contribution in [0.2, 0.25) is 0 Å². The van der Waals surface area contributed by atoms with Gasteiger partial charge in [-0.1, -0.05) is 6.07 Å². The van der Waals surface area contributed by atoms with Gasteiger partial charge < -0.3 is 14.8 Å². The molecule has 1 aliphatic rings. The van der Waals surface area contributed by atoms with Crippen molar-refractivity contribution in [3.63, 3.8) is 0 Å². The molecule has 2 heterocycles. The molecule has 0 amide bonds. The van der Waals surface area contributed by atoms with Crippen molar-refractivity contribution in [2.24, 2.45) is 0 Å². The second-order valence-corrected chi connectivity index (χ2v) is 7.45. The lowest BCUT2D eigenvalue weighted by Crippen LogP contribution is -2.34. The van der Waals surface area contributed by atoms with Gasteiger partial charge in [0.05, 0.1) is 7.11 Å². The fourth-order valence-corrected chi connectivity index (χ4v) is 3.67. The first kappa shape index (κ1) is 23.5. The van der Waals surface area contributed by atoms with E-state index in [0.29, 0.717) is 0 Å². The molecular formula is C24H25F3N2O3. The second kappa shape index (κ2) is 10.5. The van der Waals surface area contributed by atoms with Gasteiger partial charge in [0.15, 0.2) is 0 Å². The molecule has 8 heteroatoms. The van der Waals surface area contributed by atoms with Crippen molar-refractivity contribution in [1.82, 2.24) is 10.3 Å². The van der Waals surface area contributed by atoms with Crippen LogP contribution in [0.25, 0.3) is 21.9 Å². The maximum atomic E-state index is 10.4. The molecule has 1 saturated heterocycles. The van der Waals surface area contributed by atoms with Crippen LogP contribution in [-0.2, 0) is 4.79 Å². The topological polar surface area (TPSA) is 60.5 Å². The molecule has 0 spiro atoms. The lowest BCUT2D eigenvalue weighted by molar-refractivity contribution is -0.156. The van der Waals surface area contributed by atoms with E-state index in [1.54, 1.807) is 7.11 Å². The number of methoxy groups -OCH3 is 1. The minimum atomic E-state index is -4.64. The van der Waals surface area contributed by atoms with E-state index in [1.165, 1.54) is 0 Å². The number of hydrogen-bond acceptors (Lipinski definition) is 5. The third-order valence-electron chi connectivity index (χ3n) is 5.18. The van der Waals surface area contributed by atoms with E-state index >= 15 is 0 Å². The number of rotatable bonds is 4. The Labute approximate surface area is 184 Å². The number of halogens is 3. The standard InChI is InChI=1S/C22H24N2O2.C2HF3O/c1-15-13-16(3-5-20(15)25-2)22-19-9-12-24-14-17(19)4-6-21(22)26-18-7-10-23-11-8-18;3-2(4,5)1-6/h3-6,9,12-14,18,23H,7-8,10-11H2,1-2H3;1H. The minimum absolute atomic E-state index is 0.258. The summed E-state index contributed by atoms with van der Waals surface area (Å²) in [5, 5.41) is 5.68. The van der Waals surface area contributed by atoms with Crippen molar-refractivity contribution in [3.05, 3.63) is 54.4 Å². The molecule has 0 saturated carbocycles. The molecule has 0 aliphatic carbocycles. The summed E-state index contributed by atoms with van der Waals surface area (Å²) in [7, 11) is 1.71. The van der Waals surface area contributed by atoms with E-state index in [4.69, 9.17) is 14.3 Å². The molecule has 32 heavy (non-hydrogen) atoms. The van der Waals surface area contributed by atoms with E-state index in [2.05, 4.69) is 47.6 Å². The van der Waals surface area contributed by atoms with Gasteiger partial charge in [-0.2, -0.15) is 13.2 Å². The molecule has 3 aromatic rings. The van der Waals surface area contributed by atoms with Crippen LogP contribution < -0.4 is 14.8 Å². The molecule has 1 fully saturated rings. The first-order chi connectivity index (χ1) is 15.3. The van der Waals surface area contributed by atoms with Crippen LogP contribution >= 0.6 is 0 Å². The minimum Gasteiger partial charge on any atom is -0.496 e. The normalized spacial score (nSPS) is 14.4. The van der Waals surface area contributed by atoms with Gasteiger partial charge in [0.2, 0.25) is 6.29 Å². The van der Waals surface area contributed by atoms with Gasteiger partial charge in [-0.3, -0.25) is 9.78 Å². The lowest BCUT2D eigenvalue weighted by atomic mass is 9.96. The Kier molecular flexibility index (Phi) is 7.69. The number of nitrogens with one attached hydrogen (secondary N) is 1. The van der Waals surface area contributed by atoms with Gasteiger partial charge in [0.25, 0.3) is 0 Å². The van der Waals surface area contributed by atoms with E-state index in [0.717, 1.165) is 64.9 Å². The van der Waals surface area contributed by atoms with Crippen LogP contribution in [0.1, 0.15) is 18.4 Å². The fourth-order valence-electron chi connectivity index (χ4n) is 3.67. The van der Waals surface area contributed by atoms with E-state index in [9.17, 15) is 13.2 Å². The van der Waals surface area contributed by atoms with Gasteiger partial charge in [0, 0.05) is 23.3 Å². The highest BCUT2D eigenvalue weighted by Crippen LogP contribution is 2.39. The first-order valence-corrected chi connectivity index (χ1v) is 10.2. The van der Waals surface area contributed by atoms with Crippen LogP contribution in [-0.4, -0.2) is 43.7 Å². The maximum Gasteiger partial charge on any atom is 0.446 e. The SMILES string of the molecule is COc1ccc(-c2c(OC3CCNCC3)ccc3cnccc23)cc1C.O=CC(F)(F)F. The van der Waals surface area contributed by atoms with Gasteiger partial charge >= 0.3 is 6.18 Å². The number of carbonyl (C=O) groups excluding carboxylic acids is 1. The van der Waals surface area contributed by atoms with Gasteiger partial charge in [0.1, 0.15) is 17.6 Å². The molecule has 4 rings (SSSR count). The number of aromatic nitrogens is 1. The number of aldehydes is 1. The number of aryl methyl sites for hydroxylation is 1. The van der Waals surface area contributed by atoms with Gasteiger partial charge in [-0.15, -0.1) is 0 Å². The molecule has 170 valence electrons. The van der Waals surface area contributed by atoms with Crippen LogP contribution in [0, 0.1) is 6.92 Å². The molecule has 1 aliphatic heterocycles. The van der Waals surface area contributed by atoms with Crippen LogP contribution in [0.15, 0.2) is 48.8 Å². The van der Waals surface area contributed by atoms with Crippen molar-refractivity contribution in [2.45, 2.75) is 32.0 Å². The number of fused-ring (bicyclic) bond motifs is 1. The smallest absolute Gasteiger partial charge is 0.446 e. The zero-order valence-electron chi connectivity index (χ0n) is 17.9. The van der Waals surface area contributed by atoms with Gasteiger partial charge in [-0.05, 0) is 79.7 Å². The Morgan fingerprint density at radius 3 is 2.41 bits per heavy atom. The number of pyridine rings is 1. The highest BCUT2D eigenvalue weighted by Gasteiger charge is 2.25. The highest BCUT2D eigenvalue weighted by molar-refractivity contribution is 5.99. The second-order valence-electron chi connectivity index (χ2n) is 7.45. The Morgan fingerprint density at radius 2 is 1.78 bits per heavy atom. The number of alkyl halides is 3. The summed E-state index contributed by atoms with van der Waals surface area (Å²) >= 11 is 0. The quantitative estimate of drug-likeness (QED) is 0.566. The van der Waals surface area contributed by atoms with Crippen molar-refractivity contribution < 1.29 is 27.4 Å². The monoisotopic (exact) mass is 446 g/mol. The van der Waals surface area contributed by atoms with Crippen molar-refractivity contribution >= 4 is 17.1 Å². The average Bonchev–Trinajstić information content (AvgIpc) is 2.79. The van der Waals surface area contributed by atoms with Crippen molar-refractivity contribution in [2.75, 3.05) is 20.2 Å². The first-order valence-electron chi connectivity index (χ1n) is 10.2. The molecule has 1 aromatic heterocycles. The van der Waals surface area contributed by atoms with Crippen LogP contribution in [0.5, 0.6) is 11.5 Å². The summed E-state index contributed by atoms with van der Waals surface area (Å²) in [4.78, 5) is 13.0. The molecule has 0 atom stereocenters. The van der Waals surface area contributed by atoms with Crippen LogP contribution in [0.3, 0.4) is 0 Å². The third-order valence-corrected chi connectivity index (χ3v) is 5.18. The number of carbonyl (C=O) groups is 1. The Balaban J connectivity index is 0.000000427. The van der Waals surface area contributed by atoms with E-state index < -0.39 is 12.5 Å². The maximum absolute atomic E-state index is 10.4. The summed E-state index contributed by atoms with van der Waals surface area (Å²) in [6.45, 7) is 4.10. The molecule has 1 N–H and O–H groups in total. The molecule has 2 aromatic carbocycles. The molecule has 0 unspecified atom stereocenters. The number of ether oxygens (including phenoxy) is 2.